The van der Waals surface area contributed by atoms with Gasteiger partial charge in [0.15, 0.2) is 0 Å². The van der Waals surface area contributed by atoms with E-state index in [0.29, 0.717) is 5.56 Å². The monoisotopic (exact) mass is 510 g/mol. The maximum atomic E-state index is 10.2. The van der Waals surface area contributed by atoms with Crippen molar-refractivity contribution >= 4 is 43.6 Å². The van der Waals surface area contributed by atoms with Crippen LogP contribution in [0.25, 0.3) is 66.2 Å². The van der Waals surface area contributed by atoms with Crippen molar-refractivity contribution in [2.24, 2.45) is 0 Å². The number of nitriles is 1. The molecule has 0 atom stereocenters. The molecule has 0 amide bonds. The summed E-state index contributed by atoms with van der Waals surface area (Å²) in [7, 11) is 0. The van der Waals surface area contributed by atoms with Gasteiger partial charge in [0.2, 0.25) is 0 Å². The van der Waals surface area contributed by atoms with Gasteiger partial charge in [-0.3, -0.25) is 4.57 Å². The van der Waals surface area contributed by atoms with Gasteiger partial charge >= 0.3 is 0 Å². The summed E-state index contributed by atoms with van der Waals surface area (Å²) in [4.78, 5) is 4.96. The van der Waals surface area contributed by atoms with E-state index in [1.807, 2.05) is 18.3 Å². The number of fused-ring (bicyclic) bond motifs is 6. The molecule has 0 saturated carbocycles. The van der Waals surface area contributed by atoms with Crippen LogP contribution >= 0.6 is 0 Å². The van der Waals surface area contributed by atoms with Crippen molar-refractivity contribution < 1.29 is 0 Å². The first kappa shape index (κ1) is 22.3. The first-order chi connectivity index (χ1) is 19.8. The number of para-hydroxylation sites is 4. The molecule has 3 heterocycles. The van der Waals surface area contributed by atoms with Crippen LogP contribution in [0.3, 0.4) is 0 Å². The van der Waals surface area contributed by atoms with E-state index in [0.717, 1.165) is 44.7 Å². The fourth-order valence-electron chi connectivity index (χ4n) is 6.14. The van der Waals surface area contributed by atoms with Crippen LogP contribution in [0.1, 0.15) is 5.56 Å². The number of aromatic nitrogens is 3. The normalized spacial score (nSPS) is 11.5. The number of hydrogen-bond donors (Lipinski definition) is 0. The molecule has 0 bridgehead atoms. The maximum Gasteiger partial charge on any atom is 0.137 e. The molecule has 0 aliphatic carbocycles. The van der Waals surface area contributed by atoms with E-state index in [2.05, 4.69) is 130 Å². The minimum absolute atomic E-state index is 0.616. The van der Waals surface area contributed by atoms with Crippen LogP contribution in [-0.4, -0.2) is 14.1 Å². The third-order valence-corrected chi connectivity index (χ3v) is 7.83. The highest BCUT2D eigenvalue weighted by Crippen LogP contribution is 2.38. The molecule has 0 fully saturated rings. The topological polar surface area (TPSA) is 46.5 Å². The minimum atomic E-state index is 0.616. The van der Waals surface area contributed by atoms with Crippen molar-refractivity contribution in [3.63, 3.8) is 0 Å². The van der Waals surface area contributed by atoms with Crippen LogP contribution in [0.4, 0.5) is 0 Å². The summed E-state index contributed by atoms with van der Waals surface area (Å²) >= 11 is 0. The highest BCUT2D eigenvalue weighted by Gasteiger charge is 2.19. The quantitative estimate of drug-likeness (QED) is 0.238. The average Bonchev–Trinajstić information content (AvgIpc) is 3.54. The van der Waals surface area contributed by atoms with E-state index in [1.165, 1.54) is 21.5 Å². The second-order valence-electron chi connectivity index (χ2n) is 9.96. The molecule has 4 heteroatoms. The fourth-order valence-corrected chi connectivity index (χ4v) is 6.14. The Morgan fingerprint density at radius 1 is 0.500 bits per heavy atom. The van der Waals surface area contributed by atoms with Crippen molar-refractivity contribution in [3.8, 4) is 28.7 Å². The summed E-state index contributed by atoms with van der Waals surface area (Å²) in [5.41, 5.74) is 7.80. The van der Waals surface area contributed by atoms with Gasteiger partial charge in [-0.25, -0.2) is 4.98 Å². The summed E-state index contributed by atoms with van der Waals surface area (Å²) in [6, 6.07) is 46.2. The lowest BCUT2D eigenvalue weighted by Gasteiger charge is -2.16. The Kier molecular flexibility index (Phi) is 4.85. The van der Waals surface area contributed by atoms with Crippen molar-refractivity contribution in [2.75, 3.05) is 0 Å². The van der Waals surface area contributed by atoms with Crippen LogP contribution in [0, 0.1) is 11.3 Å². The Balaban J connectivity index is 1.36. The van der Waals surface area contributed by atoms with E-state index in [1.54, 1.807) is 0 Å². The maximum absolute atomic E-state index is 10.2. The van der Waals surface area contributed by atoms with Crippen LogP contribution in [0.5, 0.6) is 0 Å². The largest absolute Gasteiger partial charge is 0.309 e. The first-order valence-corrected chi connectivity index (χ1v) is 13.3. The molecule has 186 valence electrons. The van der Waals surface area contributed by atoms with Gasteiger partial charge < -0.3 is 4.57 Å². The van der Waals surface area contributed by atoms with E-state index in [4.69, 9.17) is 4.98 Å². The van der Waals surface area contributed by atoms with Gasteiger partial charge in [0.25, 0.3) is 0 Å². The summed E-state index contributed by atoms with van der Waals surface area (Å²) in [6.45, 7) is 0. The number of pyridine rings is 1. The molecule has 0 aliphatic rings. The molecule has 0 saturated heterocycles. The zero-order valence-electron chi connectivity index (χ0n) is 21.5. The van der Waals surface area contributed by atoms with Crippen molar-refractivity contribution in [1.82, 2.24) is 14.1 Å². The molecule has 40 heavy (non-hydrogen) atoms. The number of rotatable bonds is 3. The molecule has 0 unspecified atom stereocenters. The summed E-state index contributed by atoms with van der Waals surface area (Å²) in [5.74, 6) is 0.842. The predicted octanol–water partition coefficient (Wildman–Crippen LogP) is 8.81. The molecule has 0 radical (unpaired) electrons. The van der Waals surface area contributed by atoms with E-state index >= 15 is 0 Å². The summed E-state index contributed by atoms with van der Waals surface area (Å²) in [6.07, 6.45) is 1.90. The SMILES string of the molecule is N#Cc1cccc(-n2c3ccccc3c3ccccc32)c1-c1ccc(-n2c3ccccc3c3ccccc32)nc1. The summed E-state index contributed by atoms with van der Waals surface area (Å²) in [5, 5.41) is 15.0. The van der Waals surface area contributed by atoms with Gasteiger partial charge in [-0.15, -0.1) is 0 Å². The van der Waals surface area contributed by atoms with Gasteiger partial charge in [-0.1, -0.05) is 78.9 Å². The van der Waals surface area contributed by atoms with Crippen LogP contribution in [-0.2, 0) is 0 Å². The highest BCUT2D eigenvalue weighted by molar-refractivity contribution is 6.10. The molecule has 8 rings (SSSR count). The molecule has 0 spiro atoms. The second-order valence-corrected chi connectivity index (χ2v) is 9.96. The standard InChI is InChI=1S/C36H22N4/c37-22-24-10-9-19-34(39-30-15-5-1-11-26(30)27-12-2-6-16-31(27)39)36(24)25-20-21-35(38-23-25)40-32-17-7-3-13-28(32)29-14-4-8-18-33(29)40/h1-21,23H. The predicted molar refractivity (Wildman–Crippen MR) is 163 cm³/mol. The second kappa shape index (κ2) is 8.69. The Bertz CT molecular complexity index is 2170. The number of nitrogens with zero attached hydrogens (tertiary/aromatic N) is 4. The molecule has 3 aromatic heterocycles. The molecule has 8 aromatic rings. The Hall–Kier alpha value is -5.66. The Labute approximate surface area is 230 Å². The Morgan fingerprint density at radius 2 is 1.00 bits per heavy atom. The van der Waals surface area contributed by atoms with Gasteiger partial charge in [0.05, 0.1) is 39.4 Å². The smallest absolute Gasteiger partial charge is 0.137 e. The van der Waals surface area contributed by atoms with Crippen molar-refractivity contribution in [3.05, 3.63) is 139 Å². The number of benzene rings is 5. The third-order valence-electron chi connectivity index (χ3n) is 7.83. The van der Waals surface area contributed by atoms with Crippen LogP contribution in [0.15, 0.2) is 134 Å². The fraction of sp³-hybridized carbons (Fsp3) is 0. The van der Waals surface area contributed by atoms with Gasteiger partial charge in [-0.05, 0) is 48.5 Å². The minimum Gasteiger partial charge on any atom is -0.309 e. The van der Waals surface area contributed by atoms with Crippen molar-refractivity contribution in [2.45, 2.75) is 0 Å². The summed E-state index contributed by atoms with van der Waals surface area (Å²) < 4.78 is 4.47. The first-order valence-electron chi connectivity index (χ1n) is 13.3. The lowest BCUT2D eigenvalue weighted by Crippen LogP contribution is -2.01. The van der Waals surface area contributed by atoms with Gasteiger partial charge in [-0.2, -0.15) is 5.26 Å². The molecular weight excluding hydrogens is 488 g/mol. The van der Waals surface area contributed by atoms with E-state index in [-0.39, 0.29) is 0 Å². The molecular formula is C36H22N4. The van der Waals surface area contributed by atoms with Gasteiger partial charge in [0.1, 0.15) is 5.82 Å². The average molecular weight is 511 g/mol. The van der Waals surface area contributed by atoms with Crippen molar-refractivity contribution in [1.29, 1.82) is 5.26 Å². The molecule has 4 nitrogen and oxygen atoms in total. The molecule has 5 aromatic carbocycles. The lowest BCUT2D eigenvalue weighted by molar-refractivity contribution is 1.08. The highest BCUT2D eigenvalue weighted by atomic mass is 15.1. The van der Waals surface area contributed by atoms with Gasteiger partial charge in [0, 0.05) is 38.9 Å². The van der Waals surface area contributed by atoms with E-state index < -0.39 is 0 Å². The third kappa shape index (κ3) is 3.15. The lowest BCUT2D eigenvalue weighted by atomic mass is 9.99. The van der Waals surface area contributed by atoms with Crippen LogP contribution in [0.2, 0.25) is 0 Å². The molecule has 0 N–H and O–H groups in total. The van der Waals surface area contributed by atoms with E-state index in [9.17, 15) is 5.26 Å². The number of hydrogen-bond acceptors (Lipinski definition) is 2. The zero-order valence-corrected chi connectivity index (χ0v) is 21.5. The Morgan fingerprint density at radius 3 is 1.48 bits per heavy atom. The zero-order chi connectivity index (χ0) is 26.6. The molecule has 0 aliphatic heterocycles. The van der Waals surface area contributed by atoms with Crippen LogP contribution < -0.4 is 0 Å².